The van der Waals surface area contributed by atoms with Crippen LogP contribution in [0.2, 0.25) is 0 Å². The van der Waals surface area contributed by atoms with Crippen molar-refractivity contribution >= 4 is 40.8 Å². The number of esters is 1. The molecule has 1 atom stereocenters. The summed E-state index contributed by atoms with van der Waals surface area (Å²) in [5.41, 5.74) is 2.11. The number of aromatic nitrogens is 2. The minimum absolute atomic E-state index is 0.202. The second-order valence-electron chi connectivity index (χ2n) is 8.77. The molecule has 2 aromatic carbocycles. The van der Waals surface area contributed by atoms with Crippen LogP contribution in [0.4, 0.5) is 0 Å². The van der Waals surface area contributed by atoms with Crippen molar-refractivity contribution in [3.63, 3.8) is 0 Å². The first-order valence-electron chi connectivity index (χ1n) is 12.6. The Balaban J connectivity index is 1.51. The van der Waals surface area contributed by atoms with Gasteiger partial charge in [-0.3, -0.25) is 9.36 Å². The lowest BCUT2D eigenvalue weighted by atomic mass is 9.93. The van der Waals surface area contributed by atoms with E-state index in [1.54, 1.807) is 23.8 Å². The molecule has 198 valence electrons. The Labute approximate surface area is 237 Å². The first kappa shape index (κ1) is 25.8. The van der Waals surface area contributed by atoms with Crippen molar-refractivity contribution in [1.82, 2.24) is 9.55 Å². The second kappa shape index (κ2) is 11.3. The molecule has 1 aliphatic rings. The number of fused-ring (bicyclic) bond motifs is 1. The smallest absolute Gasteiger partial charge is 0.338 e. The summed E-state index contributed by atoms with van der Waals surface area (Å²) in [6.45, 7) is 1.96. The highest BCUT2D eigenvalue weighted by atomic mass is 32.2. The summed E-state index contributed by atoms with van der Waals surface area (Å²) in [5.74, 6) is 0.0308. The van der Waals surface area contributed by atoms with Crippen molar-refractivity contribution in [3.05, 3.63) is 139 Å². The van der Waals surface area contributed by atoms with Gasteiger partial charge in [-0.25, -0.2) is 14.8 Å². The molecule has 9 heteroatoms. The van der Waals surface area contributed by atoms with Crippen LogP contribution in [0.1, 0.15) is 29.9 Å². The Hall–Kier alpha value is -4.47. The zero-order valence-electron chi connectivity index (χ0n) is 21.4. The molecule has 1 aliphatic heterocycles. The summed E-state index contributed by atoms with van der Waals surface area (Å²) >= 11 is 2.66. The van der Waals surface area contributed by atoms with Gasteiger partial charge in [-0.15, -0.1) is 0 Å². The monoisotopic (exact) mass is 565 g/mol. The number of furan rings is 1. The lowest BCUT2D eigenvalue weighted by Crippen LogP contribution is -2.39. The number of hydrogen-bond donors (Lipinski definition) is 0. The first-order valence-corrected chi connectivity index (χ1v) is 14.3. The van der Waals surface area contributed by atoms with Crippen LogP contribution in [0, 0.1) is 0 Å². The number of carbonyl (C=O) groups is 1. The zero-order chi connectivity index (χ0) is 27.5. The average molecular weight is 566 g/mol. The molecule has 7 nitrogen and oxygen atoms in total. The zero-order valence-corrected chi connectivity index (χ0v) is 23.0. The number of nitrogens with zero attached hydrogens (tertiary/aromatic N) is 3. The maximum Gasteiger partial charge on any atom is 0.338 e. The van der Waals surface area contributed by atoms with Crippen LogP contribution in [-0.2, 0) is 9.53 Å². The Kier molecular flexibility index (Phi) is 7.31. The van der Waals surface area contributed by atoms with Crippen LogP contribution in [0.3, 0.4) is 0 Å². The second-order valence-corrected chi connectivity index (χ2v) is 10.8. The molecule has 0 aliphatic carbocycles. The number of hydrogen-bond acceptors (Lipinski definition) is 8. The van der Waals surface area contributed by atoms with E-state index in [9.17, 15) is 9.59 Å². The lowest BCUT2D eigenvalue weighted by molar-refractivity contribution is -0.138. The molecule has 0 fully saturated rings. The van der Waals surface area contributed by atoms with E-state index in [2.05, 4.69) is 4.98 Å². The minimum atomic E-state index is -0.708. The van der Waals surface area contributed by atoms with Gasteiger partial charge >= 0.3 is 5.97 Å². The fourth-order valence-corrected chi connectivity index (χ4v) is 6.22. The number of benzene rings is 2. The van der Waals surface area contributed by atoms with Gasteiger partial charge < -0.3 is 9.15 Å². The van der Waals surface area contributed by atoms with Crippen molar-refractivity contribution in [2.45, 2.75) is 23.1 Å². The van der Waals surface area contributed by atoms with E-state index in [0.717, 1.165) is 16.2 Å². The summed E-state index contributed by atoms with van der Waals surface area (Å²) < 4.78 is 13.5. The third-order valence-electron chi connectivity index (χ3n) is 6.21. The van der Waals surface area contributed by atoms with E-state index < -0.39 is 12.0 Å². The molecule has 0 saturated carbocycles. The highest BCUT2D eigenvalue weighted by Crippen LogP contribution is 2.35. The molecule has 3 aromatic heterocycles. The van der Waals surface area contributed by atoms with Crippen molar-refractivity contribution in [2.24, 2.45) is 4.99 Å². The van der Waals surface area contributed by atoms with Gasteiger partial charge in [0.15, 0.2) is 9.89 Å². The maximum absolute atomic E-state index is 13.9. The molecule has 40 heavy (non-hydrogen) atoms. The van der Waals surface area contributed by atoms with Gasteiger partial charge in [0.25, 0.3) is 5.56 Å². The molecular weight excluding hydrogens is 542 g/mol. The van der Waals surface area contributed by atoms with Crippen molar-refractivity contribution < 1.29 is 13.9 Å². The highest BCUT2D eigenvalue weighted by Gasteiger charge is 2.35. The molecule has 0 N–H and O–H groups in total. The first-order chi connectivity index (χ1) is 19.6. The summed E-state index contributed by atoms with van der Waals surface area (Å²) in [6.07, 6.45) is 3.44. The molecule has 0 unspecified atom stereocenters. The summed E-state index contributed by atoms with van der Waals surface area (Å²) in [4.78, 5) is 37.0. The third kappa shape index (κ3) is 5.09. The van der Waals surface area contributed by atoms with E-state index in [1.807, 2.05) is 91.0 Å². The van der Waals surface area contributed by atoms with Crippen LogP contribution in [-0.4, -0.2) is 22.1 Å². The van der Waals surface area contributed by atoms with Crippen molar-refractivity contribution in [1.29, 1.82) is 0 Å². The predicted octanol–water partition coefficient (Wildman–Crippen LogP) is 5.07. The van der Waals surface area contributed by atoms with Crippen molar-refractivity contribution in [3.8, 4) is 0 Å². The lowest BCUT2D eigenvalue weighted by Gasteiger charge is -2.25. The Morgan fingerprint density at radius 1 is 1.02 bits per heavy atom. The van der Waals surface area contributed by atoms with Crippen molar-refractivity contribution in [2.75, 3.05) is 6.61 Å². The number of rotatable bonds is 7. The van der Waals surface area contributed by atoms with E-state index in [4.69, 9.17) is 14.1 Å². The largest absolute Gasteiger partial charge is 0.463 e. The number of ether oxygens (including phenoxy) is 1. The van der Waals surface area contributed by atoms with E-state index in [0.29, 0.717) is 31.5 Å². The summed E-state index contributed by atoms with van der Waals surface area (Å²) in [5, 5.41) is 1.47. The van der Waals surface area contributed by atoms with Crippen LogP contribution >= 0.6 is 23.1 Å². The average Bonchev–Trinajstić information content (AvgIpc) is 3.56. The van der Waals surface area contributed by atoms with Crippen LogP contribution < -0.4 is 14.9 Å². The topological polar surface area (TPSA) is 86.7 Å². The van der Waals surface area contributed by atoms with Gasteiger partial charge in [0, 0.05) is 17.8 Å². The van der Waals surface area contributed by atoms with Gasteiger partial charge in [0.2, 0.25) is 0 Å². The molecule has 6 rings (SSSR count). The standard InChI is InChI=1S/C31H23N3O4S2/c1-2-37-30(36)26-27(20-11-5-3-6-12-20)33-31-34(28(26)21-13-7-4-8-14-21)29(35)23(39-31)19-22-16-17-25(38-22)40-24-15-9-10-18-32-24/h3-19,28H,2H2,1H3/b23-19-/t28-/m1/s1. The molecule has 5 aromatic rings. The van der Waals surface area contributed by atoms with Gasteiger partial charge in [-0.05, 0) is 48.5 Å². The maximum atomic E-state index is 13.9. The van der Waals surface area contributed by atoms with Gasteiger partial charge in [-0.2, -0.15) is 0 Å². The minimum Gasteiger partial charge on any atom is -0.463 e. The highest BCUT2D eigenvalue weighted by molar-refractivity contribution is 7.99. The van der Waals surface area contributed by atoms with Crippen LogP contribution in [0.5, 0.6) is 0 Å². The Bertz CT molecular complexity index is 1880. The molecule has 0 amide bonds. The van der Waals surface area contributed by atoms with Crippen LogP contribution in [0.25, 0.3) is 11.8 Å². The number of carbonyl (C=O) groups excluding carboxylic acids is 1. The van der Waals surface area contributed by atoms with E-state index >= 15 is 0 Å². The van der Waals surface area contributed by atoms with E-state index in [1.165, 1.54) is 23.1 Å². The fraction of sp³-hybridized carbons (Fsp3) is 0.0968. The van der Waals surface area contributed by atoms with Gasteiger partial charge in [0.05, 0.1) is 28.5 Å². The number of thiazole rings is 1. The molecule has 0 radical (unpaired) electrons. The van der Waals surface area contributed by atoms with E-state index in [-0.39, 0.29) is 12.2 Å². The summed E-state index contributed by atoms with van der Waals surface area (Å²) in [6, 6.07) is 27.6. The SMILES string of the molecule is CCOC(=O)C1=C(c2ccccc2)N=c2s/c(=C\c3ccc(Sc4ccccn4)o3)c(=O)n2[C@@H]1c1ccccc1. The number of pyridine rings is 1. The fourth-order valence-electron chi connectivity index (χ4n) is 4.50. The quantitative estimate of drug-likeness (QED) is 0.256. The molecular formula is C31H23N3O4S2. The summed E-state index contributed by atoms with van der Waals surface area (Å²) in [7, 11) is 0. The normalized spacial score (nSPS) is 15.0. The third-order valence-corrected chi connectivity index (χ3v) is 8.06. The van der Waals surface area contributed by atoms with Gasteiger partial charge in [-0.1, -0.05) is 78.1 Å². The Morgan fingerprint density at radius 3 is 2.50 bits per heavy atom. The molecule has 0 saturated heterocycles. The molecule has 0 spiro atoms. The predicted molar refractivity (Wildman–Crippen MR) is 155 cm³/mol. The molecule has 4 heterocycles. The molecule has 0 bridgehead atoms. The Morgan fingerprint density at radius 2 is 1.77 bits per heavy atom. The van der Waals surface area contributed by atoms with Gasteiger partial charge in [0.1, 0.15) is 10.8 Å². The van der Waals surface area contributed by atoms with Crippen LogP contribution in [0.15, 0.2) is 127 Å².